The molecule has 4 heteroatoms. The smallest absolute Gasteiger partial charge is 0.213 e. The van der Waals surface area contributed by atoms with Crippen molar-refractivity contribution in [1.29, 1.82) is 0 Å². The molecule has 1 fully saturated rings. The minimum absolute atomic E-state index is 0.156. The molecular formula is C15H24N2O2. The van der Waals surface area contributed by atoms with E-state index >= 15 is 0 Å². The van der Waals surface area contributed by atoms with E-state index in [0.29, 0.717) is 24.6 Å². The van der Waals surface area contributed by atoms with Gasteiger partial charge in [-0.2, -0.15) is 0 Å². The molecule has 1 aliphatic rings. The van der Waals surface area contributed by atoms with Crippen LogP contribution in [-0.4, -0.2) is 30.8 Å². The molecule has 1 aliphatic carbocycles. The van der Waals surface area contributed by atoms with Gasteiger partial charge in [0.15, 0.2) is 0 Å². The first-order valence-electron chi connectivity index (χ1n) is 6.89. The zero-order valence-corrected chi connectivity index (χ0v) is 12.3. The fourth-order valence-electron chi connectivity index (χ4n) is 1.89. The maximum Gasteiger partial charge on any atom is 0.213 e. The molecule has 0 aromatic carbocycles. The van der Waals surface area contributed by atoms with E-state index in [1.165, 1.54) is 0 Å². The molecule has 1 saturated carbocycles. The summed E-state index contributed by atoms with van der Waals surface area (Å²) in [4.78, 5) is 4.28. The molecule has 4 nitrogen and oxygen atoms in total. The van der Waals surface area contributed by atoms with Crippen LogP contribution in [0.3, 0.4) is 0 Å². The van der Waals surface area contributed by atoms with Crippen molar-refractivity contribution in [2.45, 2.75) is 45.8 Å². The Hall–Kier alpha value is -1.29. The van der Waals surface area contributed by atoms with Crippen LogP contribution in [0, 0.1) is 5.41 Å². The van der Waals surface area contributed by atoms with E-state index in [2.05, 4.69) is 31.1 Å². The highest BCUT2D eigenvalue weighted by Crippen LogP contribution is 2.25. The van der Waals surface area contributed by atoms with Crippen molar-refractivity contribution >= 4 is 0 Å². The van der Waals surface area contributed by atoms with E-state index in [-0.39, 0.29) is 5.41 Å². The first kappa shape index (κ1) is 14.1. The Morgan fingerprint density at radius 3 is 2.58 bits per heavy atom. The fourth-order valence-corrected chi connectivity index (χ4v) is 1.89. The molecule has 0 saturated heterocycles. The average molecular weight is 264 g/mol. The molecule has 106 valence electrons. The molecule has 1 aromatic heterocycles. The minimum atomic E-state index is 0.156. The number of nitrogens with zero attached hydrogens (tertiary/aromatic N) is 1. The zero-order chi connectivity index (χ0) is 13.9. The zero-order valence-electron chi connectivity index (χ0n) is 12.3. The molecule has 1 N–H and O–H groups in total. The molecule has 1 aromatic rings. The Bertz CT molecular complexity index is 392. The summed E-state index contributed by atoms with van der Waals surface area (Å²) in [6.07, 6.45) is 4.14. The summed E-state index contributed by atoms with van der Waals surface area (Å²) in [5.41, 5.74) is 0.156. The normalized spacial score (nSPS) is 22.7. The van der Waals surface area contributed by atoms with Gasteiger partial charge in [-0.15, -0.1) is 0 Å². The van der Waals surface area contributed by atoms with Crippen LogP contribution in [0.1, 0.15) is 33.6 Å². The summed E-state index contributed by atoms with van der Waals surface area (Å²) in [6.45, 7) is 7.12. The number of hydrogen-bond acceptors (Lipinski definition) is 4. The predicted octanol–water partition coefficient (Wildman–Crippen LogP) is 2.64. The lowest BCUT2D eigenvalue weighted by atomic mass is 9.89. The monoisotopic (exact) mass is 264 g/mol. The van der Waals surface area contributed by atoms with Crippen LogP contribution in [0.25, 0.3) is 0 Å². The summed E-state index contributed by atoms with van der Waals surface area (Å²) in [5.74, 6) is 1.48. The first-order valence-corrected chi connectivity index (χ1v) is 6.89. The largest absolute Gasteiger partial charge is 0.491 e. The van der Waals surface area contributed by atoms with E-state index in [0.717, 1.165) is 18.6 Å². The third-order valence-electron chi connectivity index (χ3n) is 3.17. The summed E-state index contributed by atoms with van der Waals surface area (Å²) in [7, 11) is 1.99. The first-order chi connectivity index (χ1) is 8.96. The lowest BCUT2D eigenvalue weighted by Gasteiger charge is -2.34. The van der Waals surface area contributed by atoms with Gasteiger partial charge < -0.3 is 14.8 Å². The molecule has 0 bridgehead atoms. The van der Waals surface area contributed by atoms with Crippen LogP contribution < -0.4 is 14.8 Å². The molecule has 1 heterocycles. The van der Waals surface area contributed by atoms with Gasteiger partial charge in [0.1, 0.15) is 11.9 Å². The van der Waals surface area contributed by atoms with E-state index in [9.17, 15) is 0 Å². The Balaban J connectivity index is 1.78. The van der Waals surface area contributed by atoms with Crippen molar-refractivity contribution in [1.82, 2.24) is 10.3 Å². The van der Waals surface area contributed by atoms with Gasteiger partial charge in [0.05, 0.1) is 12.8 Å². The van der Waals surface area contributed by atoms with Gasteiger partial charge in [-0.05, 0) is 31.4 Å². The van der Waals surface area contributed by atoms with Crippen molar-refractivity contribution in [3.8, 4) is 11.6 Å². The molecule has 2 rings (SSSR count). The topological polar surface area (TPSA) is 43.4 Å². The van der Waals surface area contributed by atoms with Crippen LogP contribution in [0.2, 0.25) is 0 Å². The van der Waals surface area contributed by atoms with Crippen molar-refractivity contribution in [3.05, 3.63) is 18.3 Å². The summed E-state index contributed by atoms with van der Waals surface area (Å²) in [5, 5.41) is 3.24. The Labute approximate surface area is 115 Å². The molecule has 0 unspecified atom stereocenters. The quantitative estimate of drug-likeness (QED) is 0.888. The SMILES string of the molecule is CNC1CC(Oc2ccc(OCC(C)(C)C)cn2)C1. The molecule has 0 aliphatic heterocycles. The van der Waals surface area contributed by atoms with Gasteiger partial charge in [0.25, 0.3) is 0 Å². The van der Waals surface area contributed by atoms with Crippen molar-refractivity contribution in [2.24, 2.45) is 5.41 Å². The number of hydrogen-bond donors (Lipinski definition) is 1. The summed E-state index contributed by atoms with van der Waals surface area (Å²) in [6, 6.07) is 4.40. The van der Waals surface area contributed by atoms with Crippen molar-refractivity contribution in [2.75, 3.05) is 13.7 Å². The number of pyridine rings is 1. The van der Waals surface area contributed by atoms with Gasteiger partial charge in [-0.25, -0.2) is 4.98 Å². The van der Waals surface area contributed by atoms with Crippen molar-refractivity contribution in [3.63, 3.8) is 0 Å². The number of ether oxygens (including phenoxy) is 2. The van der Waals surface area contributed by atoms with E-state index < -0.39 is 0 Å². The van der Waals surface area contributed by atoms with Gasteiger partial charge in [0, 0.05) is 12.1 Å². The standard InChI is InChI=1S/C15H24N2O2/c1-15(2,3)10-18-12-5-6-14(17-9-12)19-13-7-11(8-13)16-4/h5-6,9,11,13,16H,7-8,10H2,1-4H3. The van der Waals surface area contributed by atoms with E-state index in [4.69, 9.17) is 9.47 Å². The maximum absolute atomic E-state index is 5.78. The van der Waals surface area contributed by atoms with Gasteiger partial charge in [-0.3, -0.25) is 0 Å². The van der Waals surface area contributed by atoms with E-state index in [1.54, 1.807) is 6.20 Å². The second-order valence-corrected chi connectivity index (χ2v) is 6.38. The lowest BCUT2D eigenvalue weighted by molar-refractivity contribution is 0.0837. The van der Waals surface area contributed by atoms with Crippen LogP contribution in [0.15, 0.2) is 18.3 Å². The van der Waals surface area contributed by atoms with Crippen LogP contribution in [0.4, 0.5) is 0 Å². The van der Waals surface area contributed by atoms with Crippen LogP contribution >= 0.6 is 0 Å². The predicted molar refractivity (Wildman–Crippen MR) is 75.7 cm³/mol. The molecular weight excluding hydrogens is 240 g/mol. The molecule has 0 amide bonds. The van der Waals surface area contributed by atoms with Crippen molar-refractivity contribution < 1.29 is 9.47 Å². The highest BCUT2D eigenvalue weighted by molar-refractivity contribution is 5.23. The van der Waals surface area contributed by atoms with Gasteiger partial charge >= 0.3 is 0 Å². The Morgan fingerprint density at radius 2 is 2.05 bits per heavy atom. The van der Waals surface area contributed by atoms with Crippen LogP contribution in [0.5, 0.6) is 11.6 Å². The van der Waals surface area contributed by atoms with Gasteiger partial charge in [0.2, 0.25) is 5.88 Å². The average Bonchev–Trinajstić information content (AvgIpc) is 2.31. The number of nitrogens with one attached hydrogen (secondary N) is 1. The maximum atomic E-state index is 5.78. The van der Waals surface area contributed by atoms with E-state index in [1.807, 2.05) is 19.2 Å². The highest BCUT2D eigenvalue weighted by Gasteiger charge is 2.29. The third kappa shape index (κ3) is 4.39. The Kier molecular flexibility index (Phi) is 4.30. The highest BCUT2D eigenvalue weighted by atomic mass is 16.5. The number of aromatic nitrogens is 1. The summed E-state index contributed by atoms with van der Waals surface area (Å²) < 4.78 is 11.5. The third-order valence-corrected chi connectivity index (χ3v) is 3.17. The molecule has 19 heavy (non-hydrogen) atoms. The Morgan fingerprint density at radius 1 is 1.32 bits per heavy atom. The second kappa shape index (κ2) is 5.78. The molecule has 0 spiro atoms. The molecule has 0 radical (unpaired) electrons. The lowest BCUT2D eigenvalue weighted by Crippen LogP contribution is -2.45. The van der Waals surface area contributed by atoms with Gasteiger partial charge in [-0.1, -0.05) is 20.8 Å². The number of rotatable bonds is 5. The van der Waals surface area contributed by atoms with Crippen LogP contribution in [-0.2, 0) is 0 Å². The summed E-state index contributed by atoms with van der Waals surface area (Å²) >= 11 is 0. The second-order valence-electron chi connectivity index (χ2n) is 6.38. The molecule has 0 atom stereocenters. The fraction of sp³-hybridized carbons (Fsp3) is 0.667. The minimum Gasteiger partial charge on any atom is -0.491 e.